The van der Waals surface area contributed by atoms with E-state index in [1.54, 1.807) is 31.4 Å². The number of aryl methyl sites for hydroxylation is 1. The van der Waals surface area contributed by atoms with Crippen LogP contribution in [0.25, 0.3) is 17.0 Å². The Labute approximate surface area is 144 Å². The van der Waals surface area contributed by atoms with Crippen molar-refractivity contribution in [1.29, 1.82) is 0 Å². The van der Waals surface area contributed by atoms with Crippen LogP contribution < -0.4 is 10.1 Å². The topological polar surface area (TPSA) is 51.5 Å². The first-order valence-corrected chi connectivity index (χ1v) is 7.76. The minimum atomic E-state index is -0.231. The molecule has 0 radical (unpaired) electrons. The van der Waals surface area contributed by atoms with E-state index >= 15 is 0 Å². The lowest BCUT2D eigenvalue weighted by Gasteiger charge is -2.02. The molecule has 0 spiro atoms. The van der Waals surface area contributed by atoms with Crippen molar-refractivity contribution in [2.24, 2.45) is 0 Å². The first-order valence-electron chi connectivity index (χ1n) is 7.38. The Morgan fingerprint density at radius 3 is 2.83 bits per heavy atom. The number of methoxy groups -OCH3 is 1. The zero-order valence-corrected chi connectivity index (χ0v) is 14.1. The second kappa shape index (κ2) is 6.81. The summed E-state index contributed by atoms with van der Waals surface area (Å²) in [5.41, 5.74) is 2.43. The zero-order chi connectivity index (χ0) is 17.1. The molecular weight excluding hydrogens is 326 g/mol. The van der Waals surface area contributed by atoms with Crippen LogP contribution in [0.5, 0.6) is 5.75 Å². The molecule has 0 aliphatic heterocycles. The molecule has 1 amide bonds. The molecule has 0 aliphatic rings. The van der Waals surface area contributed by atoms with Gasteiger partial charge in [-0.2, -0.15) is 0 Å². The summed E-state index contributed by atoms with van der Waals surface area (Å²) in [6.45, 7) is 1.97. The van der Waals surface area contributed by atoms with Crippen LogP contribution in [-0.4, -0.2) is 13.0 Å². The van der Waals surface area contributed by atoms with Gasteiger partial charge < -0.3 is 14.5 Å². The number of benzene rings is 2. The van der Waals surface area contributed by atoms with Gasteiger partial charge >= 0.3 is 0 Å². The van der Waals surface area contributed by atoms with Crippen LogP contribution in [0.3, 0.4) is 0 Å². The summed E-state index contributed by atoms with van der Waals surface area (Å²) in [7, 11) is 1.55. The van der Waals surface area contributed by atoms with Crippen molar-refractivity contribution in [2.75, 3.05) is 12.4 Å². The first kappa shape index (κ1) is 16.1. The van der Waals surface area contributed by atoms with Gasteiger partial charge in [-0.3, -0.25) is 4.79 Å². The van der Waals surface area contributed by atoms with Gasteiger partial charge in [0.1, 0.15) is 5.76 Å². The van der Waals surface area contributed by atoms with Crippen LogP contribution in [0.15, 0.2) is 53.0 Å². The van der Waals surface area contributed by atoms with Crippen LogP contribution in [0.1, 0.15) is 11.3 Å². The Balaban J connectivity index is 1.79. The molecule has 0 fully saturated rings. The summed E-state index contributed by atoms with van der Waals surface area (Å²) in [4.78, 5) is 12.0. The van der Waals surface area contributed by atoms with Gasteiger partial charge in [-0.15, -0.1) is 0 Å². The second-order valence-corrected chi connectivity index (χ2v) is 5.80. The summed E-state index contributed by atoms with van der Waals surface area (Å²) >= 11 is 6.04. The lowest BCUT2D eigenvalue weighted by molar-refractivity contribution is -0.111. The molecule has 3 rings (SSSR count). The van der Waals surface area contributed by atoms with E-state index in [0.29, 0.717) is 22.1 Å². The number of ether oxygens (including phenoxy) is 1. The monoisotopic (exact) mass is 341 g/mol. The SMILES string of the molecule is COc1cc(Cl)cc2cc(C=CC(=O)Nc3cccc(C)c3)oc12. The molecule has 2 aromatic carbocycles. The quantitative estimate of drug-likeness (QED) is 0.675. The summed E-state index contributed by atoms with van der Waals surface area (Å²) in [5.74, 6) is 0.873. The average Bonchev–Trinajstić information content (AvgIpc) is 2.95. The molecular formula is C19H16ClNO3. The number of furan rings is 1. The lowest BCUT2D eigenvalue weighted by Crippen LogP contribution is -2.07. The summed E-state index contributed by atoms with van der Waals surface area (Å²) in [6.07, 6.45) is 3.03. The van der Waals surface area contributed by atoms with Crippen LogP contribution >= 0.6 is 11.6 Å². The predicted octanol–water partition coefficient (Wildman–Crippen LogP) is 5.06. The van der Waals surface area contributed by atoms with Gasteiger partial charge in [-0.05, 0) is 42.8 Å². The minimum absolute atomic E-state index is 0.231. The van der Waals surface area contributed by atoms with Gasteiger partial charge in [-0.1, -0.05) is 23.7 Å². The lowest BCUT2D eigenvalue weighted by atomic mass is 10.2. The average molecular weight is 342 g/mol. The standard InChI is InChI=1S/C19H16ClNO3/c1-12-4-3-5-15(8-12)21-18(22)7-6-16-10-13-9-14(20)11-17(23-2)19(13)24-16/h3-11H,1-2H3,(H,21,22). The van der Waals surface area contributed by atoms with Crippen molar-refractivity contribution in [3.05, 3.63) is 64.9 Å². The summed E-state index contributed by atoms with van der Waals surface area (Å²) in [6, 6.07) is 12.9. The van der Waals surface area contributed by atoms with Crippen LogP contribution in [0.4, 0.5) is 5.69 Å². The van der Waals surface area contributed by atoms with E-state index in [4.69, 9.17) is 20.8 Å². The molecule has 0 unspecified atom stereocenters. The number of rotatable bonds is 4. The summed E-state index contributed by atoms with van der Waals surface area (Å²) < 4.78 is 11.0. The highest BCUT2D eigenvalue weighted by atomic mass is 35.5. The van der Waals surface area contributed by atoms with Crippen molar-refractivity contribution >= 4 is 40.2 Å². The third-order valence-corrected chi connectivity index (χ3v) is 3.69. The molecule has 3 aromatic rings. The van der Waals surface area contributed by atoms with Crippen molar-refractivity contribution in [2.45, 2.75) is 6.92 Å². The van der Waals surface area contributed by atoms with E-state index in [1.165, 1.54) is 6.08 Å². The Bertz CT molecular complexity index is 928. The fourth-order valence-electron chi connectivity index (χ4n) is 2.40. The Morgan fingerprint density at radius 2 is 2.08 bits per heavy atom. The number of carbonyl (C=O) groups is 1. The minimum Gasteiger partial charge on any atom is -0.493 e. The molecule has 0 atom stereocenters. The normalized spacial score (nSPS) is 11.1. The largest absolute Gasteiger partial charge is 0.493 e. The van der Waals surface area contributed by atoms with Crippen molar-refractivity contribution in [1.82, 2.24) is 0 Å². The maximum absolute atomic E-state index is 12.0. The van der Waals surface area contributed by atoms with Gasteiger partial charge in [-0.25, -0.2) is 0 Å². The van der Waals surface area contributed by atoms with Crippen LogP contribution in [0, 0.1) is 6.92 Å². The van der Waals surface area contributed by atoms with E-state index in [9.17, 15) is 4.79 Å². The fraction of sp³-hybridized carbons (Fsp3) is 0.105. The number of anilines is 1. The molecule has 1 aromatic heterocycles. The molecule has 0 saturated carbocycles. The second-order valence-electron chi connectivity index (χ2n) is 5.37. The molecule has 1 N–H and O–H groups in total. The van der Waals surface area contributed by atoms with E-state index in [1.807, 2.05) is 31.2 Å². The van der Waals surface area contributed by atoms with Gasteiger partial charge in [0, 0.05) is 28.2 Å². The Morgan fingerprint density at radius 1 is 1.25 bits per heavy atom. The highest BCUT2D eigenvalue weighted by Crippen LogP contribution is 2.32. The predicted molar refractivity (Wildman–Crippen MR) is 96.6 cm³/mol. The Hall–Kier alpha value is -2.72. The number of halogens is 1. The first-order chi connectivity index (χ1) is 11.5. The van der Waals surface area contributed by atoms with E-state index in [0.717, 1.165) is 16.6 Å². The molecule has 1 heterocycles. The van der Waals surface area contributed by atoms with Gasteiger partial charge in [0.25, 0.3) is 0 Å². The summed E-state index contributed by atoms with van der Waals surface area (Å²) in [5, 5.41) is 4.19. The molecule has 24 heavy (non-hydrogen) atoms. The molecule has 0 aliphatic carbocycles. The third kappa shape index (κ3) is 3.60. The number of hydrogen-bond acceptors (Lipinski definition) is 3. The van der Waals surface area contributed by atoms with Crippen molar-refractivity contribution in [3.63, 3.8) is 0 Å². The van der Waals surface area contributed by atoms with E-state index in [2.05, 4.69) is 5.32 Å². The molecule has 122 valence electrons. The number of carbonyl (C=O) groups excluding carboxylic acids is 1. The maximum Gasteiger partial charge on any atom is 0.248 e. The zero-order valence-electron chi connectivity index (χ0n) is 13.3. The van der Waals surface area contributed by atoms with Crippen LogP contribution in [-0.2, 0) is 4.79 Å². The molecule has 4 nitrogen and oxygen atoms in total. The van der Waals surface area contributed by atoms with E-state index < -0.39 is 0 Å². The fourth-order valence-corrected chi connectivity index (χ4v) is 2.62. The highest BCUT2D eigenvalue weighted by Gasteiger charge is 2.09. The van der Waals surface area contributed by atoms with Gasteiger partial charge in [0.05, 0.1) is 7.11 Å². The number of nitrogens with one attached hydrogen (secondary N) is 1. The number of fused-ring (bicyclic) bond motifs is 1. The molecule has 5 heteroatoms. The maximum atomic E-state index is 12.0. The Kier molecular flexibility index (Phi) is 4.58. The van der Waals surface area contributed by atoms with Crippen molar-refractivity contribution < 1.29 is 13.9 Å². The van der Waals surface area contributed by atoms with Crippen molar-refractivity contribution in [3.8, 4) is 5.75 Å². The number of hydrogen-bond donors (Lipinski definition) is 1. The number of amides is 1. The van der Waals surface area contributed by atoms with Crippen LogP contribution in [0.2, 0.25) is 5.02 Å². The highest BCUT2D eigenvalue weighted by molar-refractivity contribution is 6.31. The third-order valence-electron chi connectivity index (χ3n) is 3.47. The van der Waals surface area contributed by atoms with Gasteiger partial charge in [0.2, 0.25) is 5.91 Å². The molecule has 0 saturated heterocycles. The van der Waals surface area contributed by atoms with E-state index in [-0.39, 0.29) is 5.91 Å². The smallest absolute Gasteiger partial charge is 0.248 e. The molecule has 0 bridgehead atoms. The van der Waals surface area contributed by atoms with Gasteiger partial charge in [0.15, 0.2) is 11.3 Å².